The van der Waals surface area contributed by atoms with Gasteiger partial charge in [-0.05, 0) is 59.2 Å². The summed E-state index contributed by atoms with van der Waals surface area (Å²) in [5.41, 5.74) is 5.28. The molecule has 36 heavy (non-hydrogen) atoms. The van der Waals surface area contributed by atoms with Gasteiger partial charge in [-0.3, -0.25) is 0 Å². The van der Waals surface area contributed by atoms with Gasteiger partial charge in [-0.1, -0.05) is 30.3 Å². The first-order chi connectivity index (χ1) is 17.5. The van der Waals surface area contributed by atoms with E-state index in [0.29, 0.717) is 30.3 Å². The van der Waals surface area contributed by atoms with E-state index < -0.39 is 0 Å². The molecule has 4 aromatic rings. The lowest BCUT2D eigenvalue weighted by molar-refractivity contribution is 0.246. The van der Waals surface area contributed by atoms with E-state index in [-0.39, 0.29) is 34.8 Å². The number of fused-ring (bicyclic) bond motifs is 2. The lowest BCUT2D eigenvalue weighted by Gasteiger charge is -2.35. The van der Waals surface area contributed by atoms with Crippen molar-refractivity contribution < 1.29 is 29.9 Å². The van der Waals surface area contributed by atoms with Crippen molar-refractivity contribution in [1.29, 1.82) is 0 Å². The Morgan fingerprint density at radius 1 is 0.639 bits per heavy atom. The van der Waals surface area contributed by atoms with Crippen LogP contribution in [0.15, 0.2) is 78.9 Å². The Bertz CT molecular complexity index is 1470. The van der Waals surface area contributed by atoms with Gasteiger partial charge in [0.25, 0.3) is 0 Å². The second-order valence-electron chi connectivity index (χ2n) is 9.16. The molecule has 2 heterocycles. The van der Waals surface area contributed by atoms with Gasteiger partial charge in [0.15, 0.2) is 0 Å². The first kappa shape index (κ1) is 21.9. The molecule has 2 atom stereocenters. The van der Waals surface area contributed by atoms with Crippen LogP contribution in [0, 0.1) is 0 Å². The van der Waals surface area contributed by atoms with Crippen LogP contribution in [0.3, 0.4) is 0 Å². The number of hydrogen-bond acceptors (Lipinski definition) is 6. The minimum Gasteiger partial charge on any atom is -0.508 e. The maximum Gasteiger partial charge on any atom is 0.130 e. The van der Waals surface area contributed by atoms with E-state index in [4.69, 9.17) is 9.47 Å². The monoisotopic (exact) mass is 480 g/mol. The lowest BCUT2D eigenvalue weighted by atomic mass is 9.75. The van der Waals surface area contributed by atoms with E-state index >= 15 is 0 Å². The number of benzene rings is 4. The molecule has 0 saturated carbocycles. The molecule has 6 heteroatoms. The summed E-state index contributed by atoms with van der Waals surface area (Å²) in [5, 5.41) is 40.6. The number of phenolic OH excluding ortho intramolecular Hbond substituents is 4. The molecule has 0 bridgehead atoms. The van der Waals surface area contributed by atoms with Gasteiger partial charge in [-0.25, -0.2) is 0 Å². The molecule has 4 N–H and O–H groups in total. The van der Waals surface area contributed by atoms with Gasteiger partial charge >= 0.3 is 0 Å². The highest BCUT2D eigenvalue weighted by Gasteiger charge is 2.36. The van der Waals surface area contributed by atoms with Crippen molar-refractivity contribution in [3.8, 4) is 34.5 Å². The Labute approximate surface area is 207 Å². The van der Waals surface area contributed by atoms with Crippen LogP contribution in [-0.2, 0) is 0 Å². The molecule has 2 unspecified atom stereocenters. The molecular formula is C30H24O6. The lowest BCUT2D eigenvalue weighted by Crippen LogP contribution is -2.25. The van der Waals surface area contributed by atoms with Crippen LogP contribution in [0.1, 0.15) is 39.7 Å². The summed E-state index contributed by atoms with van der Waals surface area (Å²) in [7, 11) is 0. The second kappa shape index (κ2) is 8.57. The molecule has 0 saturated heterocycles. The highest BCUT2D eigenvalue weighted by molar-refractivity contribution is 5.86. The molecule has 4 aromatic carbocycles. The van der Waals surface area contributed by atoms with Gasteiger partial charge in [0.2, 0.25) is 0 Å². The van der Waals surface area contributed by atoms with E-state index in [1.807, 2.05) is 42.5 Å². The highest BCUT2D eigenvalue weighted by Crippen LogP contribution is 2.50. The third-order valence-corrected chi connectivity index (χ3v) is 6.92. The molecular weight excluding hydrogens is 456 g/mol. The van der Waals surface area contributed by atoms with Crippen molar-refractivity contribution in [3.05, 3.63) is 107 Å². The Balaban J connectivity index is 1.49. The summed E-state index contributed by atoms with van der Waals surface area (Å²) in [4.78, 5) is 0. The normalized spacial score (nSPS) is 18.3. The summed E-state index contributed by atoms with van der Waals surface area (Å²) in [5.74, 6) is 1.37. The van der Waals surface area contributed by atoms with Crippen LogP contribution in [0.25, 0.3) is 11.6 Å². The molecule has 0 aliphatic carbocycles. The second-order valence-corrected chi connectivity index (χ2v) is 9.16. The van der Waals surface area contributed by atoms with Crippen LogP contribution >= 0.6 is 0 Å². The molecule has 0 amide bonds. The number of rotatable bonds is 3. The van der Waals surface area contributed by atoms with E-state index in [9.17, 15) is 20.4 Å². The predicted octanol–water partition coefficient (Wildman–Crippen LogP) is 5.75. The SMILES string of the molecule is Oc1ccc(C2=Cc3cc(C4c5ccc(O)cc5OCC4c4ccc(O)cc4)c(O)cc3OC2)cc1. The van der Waals surface area contributed by atoms with Crippen LogP contribution in [0.5, 0.6) is 34.5 Å². The molecule has 0 spiro atoms. The van der Waals surface area contributed by atoms with Crippen molar-refractivity contribution in [2.45, 2.75) is 11.8 Å². The average molecular weight is 481 g/mol. The van der Waals surface area contributed by atoms with Crippen LogP contribution < -0.4 is 9.47 Å². The van der Waals surface area contributed by atoms with Crippen molar-refractivity contribution >= 4 is 11.6 Å². The van der Waals surface area contributed by atoms with Crippen molar-refractivity contribution in [2.24, 2.45) is 0 Å². The van der Waals surface area contributed by atoms with E-state index in [1.165, 1.54) is 0 Å². The summed E-state index contributed by atoms with van der Waals surface area (Å²) in [6.45, 7) is 0.694. The first-order valence-corrected chi connectivity index (χ1v) is 11.7. The summed E-state index contributed by atoms with van der Waals surface area (Å²) < 4.78 is 12.0. The number of hydrogen-bond donors (Lipinski definition) is 4. The van der Waals surface area contributed by atoms with E-state index in [2.05, 4.69) is 0 Å². The van der Waals surface area contributed by atoms with Gasteiger partial charge in [-0.15, -0.1) is 0 Å². The van der Waals surface area contributed by atoms with Crippen molar-refractivity contribution in [3.63, 3.8) is 0 Å². The van der Waals surface area contributed by atoms with Gasteiger partial charge in [0.05, 0.1) is 6.61 Å². The van der Waals surface area contributed by atoms with E-state index in [0.717, 1.165) is 27.8 Å². The van der Waals surface area contributed by atoms with Gasteiger partial charge in [-0.2, -0.15) is 0 Å². The molecule has 2 aliphatic rings. The molecule has 6 rings (SSSR count). The molecule has 0 aromatic heterocycles. The van der Waals surface area contributed by atoms with E-state index in [1.54, 1.807) is 42.5 Å². The molecule has 6 nitrogen and oxygen atoms in total. The quantitative estimate of drug-likeness (QED) is 0.298. The standard InChI is InChI=1S/C30H24O6/c31-21-5-1-17(2-6-21)20-11-19-12-25(27(34)14-28(19)35-15-20)30-24-10-9-23(33)13-29(24)36-16-26(30)18-3-7-22(32)8-4-18/h1-14,26,30-34H,15-16H2. The number of phenols is 4. The van der Waals surface area contributed by atoms with Crippen molar-refractivity contribution in [1.82, 2.24) is 0 Å². The fraction of sp³-hybridized carbons (Fsp3) is 0.133. The third-order valence-electron chi connectivity index (χ3n) is 6.92. The number of aromatic hydroxyl groups is 4. The van der Waals surface area contributed by atoms with Crippen LogP contribution in [0.4, 0.5) is 0 Å². The van der Waals surface area contributed by atoms with Crippen LogP contribution in [0.2, 0.25) is 0 Å². The predicted molar refractivity (Wildman–Crippen MR) is 136 cm³/mol. The zero-order valence-electron chi connectivity index (χ0n) is 19.3. The Kier molecular flexibility index (Phi) is 5.22. The van der Waals surface area contributed by atoms with Crippen molar-refractivity contribution in [2.75, 3.05) is 13.2 Å². The van der Waals surface area contributed by atoms with Gasteiger partial charge in [0, 0.05) is 40.7 Å². The average Bonchev–Trinajstić information content (AvgIpc) is 2.88. The number of ether oxygens (including phenoxy) is 2. The maximum atomic E-state index is 11.2. The molecule has 0 fully saturated rings. The summed E-state index contributed by atoms with van der Waals surface area (Å²) in [6, 6.07) is 22.6. The highest BCUT2D eigenvalue weighted by atomic mass is 16.5. The Hall–Kier alpha value is -4.58. The Morgan fingerprint density at radius 2 is 1.33 bits per heavy atom. The topological polar surface area (TPSA) is 99.4 Å². The molecule has 180 valence electrons. The molecule has 0 radical (unpaired) electrons. The minimum absolute atomic E-state index is 0.111. The Morgan fingerprint density at radius 3 is 2.08 bits per heavy atom. The van der Waals surface area contributed by atoms with Crippen LogP contribution in [-0.4, -0.2) is 33.6 Å². The largest absolute Gasteiger partial charge is 0.508 e. The summed E-state index contributed by atoms with van der Waals surface area (Å²) in [6.07, 6.45) is 2.04. The fourth-order valence-corrected chi connectivity index (χ4v) is 5.11. The zero-order chi connectivity index (χ0) is 24.8. The smallest absolute Gasteiger partial charge is 0.130 e. The zero-order valence-corrected chi connectivity index (χ0v) is 19.3. The third kappa shape index (κ3) is 3.86. The fourth-order valence-electron chi connectivity index (χ4n) is 5.11. The minimum atomic E-state index is -0.267. The van der Waals surface area contributed by atoms with Gasteiger partial charge < -0.3 is 29.9 Å². The maximum absolute atomic E-state index is 11.2. The first-order valence-electron chi connectivity index (χ1n) is 11.7. The molecule has 2 aliphatic heterocycles. The van der Waals surface area contributed by atoms with Gasteiger partial charge in [0.1, 0.15) is 41.1 Å². The summed E-state index contributed by atoms with van der Waals surface area (Å²) >= 11 is 0.